The van der Waals surface area contributed by atoms with Crippen LogP contribution >= 0.6 is 11.6 Å². The quantitative estimate of drug-likeness (QED) is 0.856. The molecule has 1 aromatic carbocycles. The van der Waals surface area contributed by atoms with Gasteiger partial charge in [-0.3, -0.25) is 9.59 Å². The predicted octanol–water partition coefficient (Wildman–Crippen LogP) is 0.539. The van der Waals surface area contributed by atoms with Gasteiger partial charge in [0.1, 0.15) is 12.6 Å². The van der Waals surface area contributed by atoms with Crippen LogP contribution in [-0.2, 0) is 9.59 Å². The molecule has 0 unspecified atom stereocenters. The first-order valence-electron chi connectivity index (χ1n) is 7.32. The molecular weight excluding hydrogens is 320 g/mol. The molecular formula is C15H17ClN4O3. The number of amides is 4. The fourth-order valence-electron chi connectivity index (χ4n) is 2.80. The fourth-order valence-corrected chi connectivity index (χ4v) is 2.98. The zero-order chi connectivity index (χ0) is 16.6. The van der Waals surface area contributed by atoms with Crippen LogP contribution in [0, 0.1) is 0 Å². The van der Waals surface area contributed by atoms with Gasteiger partial charge in [0.05, 0.1) is 6.54 Å². The smallest absolute Gasteiger partial charge is 0.317 e. The van der Waals surface area contributed by atoms with Crippen molar-refractivity contribution in [2.24, 2.45) is 0 Å². The van der Waals surface area contributed by atoms with E-state index in [0.717, 1.165) is 5.69 Å². The highest BCUT2D eigenvalue weighted by atomic mass is 35.5. The maximum Gasteiger partial charge on any atom is 0.317 e. The van der Waals surface area contributed by atoms with Gasteiger partial charge in [-0.15, -0.1) is 0 Å². The minimum Gasteiger partial charge on any atom is -0.330 e. The van der Waals surface area contributed by atoms with Crippen molar-refractivity contribution in [3.63, 3.8) is 0 Å². The van der Waals surface area contributed by atoms with Gasteiger partial charge in [-0.25, -0.2) is 4.79 Å². The number of likely N-dealkylation sites (N-methyl/N-ethyl adjacent to an activating group) is 1. The summed E-state index contributed by atoms with van der Waals surface area (Å²) >= 11 is 5.96. The maximum atomic E-state index is 12.4. The van der Waals surface area contributed by atoms with E-state index in [-0.39, 0.29) is 24.4 Å². The van der Waals surface area contributed by atoms with Gasteiger partial charge < -0.3 is 20.0 Å². The van der Waals surface area contributed by atoms with Gasteiger partial charge in [-0.2, -0.15) is 0 Å². The molecule has 2 fully saturated rings. The highest BCUT2D eigenvalue weighted by Crippen LogP contribution is 2.21. The Morgan fingerprint density at radius 1 is 1.30 bits per heavy atom. The zero-order valence-corrected chi connectivity index (χ0v) is 13.4. The number of nitrogens with one attached hydrogen (secondary N) is 1. The van der Waals surface area contributed by atoms with Gasteiger partial charge in [0.15, 0.2) is 0 Å². The standard InChI is InChI=1S/C15H17ClN4O3/c1-18-8-12(17-15(18)23)14(22)19-5-6-20(13(21)9-19)11-4-2-3-10(16)7-11/h2-4,7,12H,5-6,8-9H2,1H3,(H,17,23)/t12-/m0/s1. The van der Waals surface area contributed by atoms with E-state index < -0.39 is 6.04 Å². The molecule has 2 heterocycles. The number of piperazine rings is 1. The Hall–Kier alpha value is -2.28. The Labute approximate surface area is 138 Å². The molecule has 0 spiro atoms. The fraction of sp³-hybridized carbons (Fsp3) is 0.400. The molecule has 0 radical (unpaired) electrons. The molecule has 1 aromatic rings. The zero-order valence-electron chi connectivity index (χ0n) is 12.7. The summed E-state index contributed by atoms with van der Waals surface area (Å²) < 4.78 is 0. The average molecular weight is 337 g/mol. The lowest BCUT2D eigenvalue weighted by atomic mass is 10.2. The minimum absolute atomic E-state index is 0.00142. The van der Waals surface area contributed by atoms with E-state index >= 15 is 0 Å². The van der Waals surface area contributed by atoms with E-state index in [2.05, 4.69) is 5.32 Å². The van der Waals surface area contributed by atoms with Crippen LogP contribution < -0.4 is 10.2 Å². The van der Waals surface area contributed by atoms with E-state index in [1.165, 1.54) is 9.80 Å². The van der Waals surface area contributed by atoms with Gasteiger partial charge in [0, 0.05) is 30.8 Å². The van der Waals surface area contributed by atoms with E-state index in [1.54, 1.807) is 30.1 Å². The topological polar surface area (TPSA) is 73.0 Å². The molecule has 0 aliphatic carbocycles. The molecule has 122 valence electrons. The number of hydrogen-bond donors (Lipinski definition) is 1. The van der Waals surface area contributed by atoms with E-state index in [9.17, 15) is 14.4 Å². The number of hydrogen-bond acceptors (Lipinski definition) is 3. The Morgan fingerprint density at radius 3 is 2.70 bits per heavy atom. The van der Waals surface area contributed by atoms with Crippen LogP contribution in [0.5, 0.6) is 0 Å². The van der Waals surface area contributed by atoms with Crippen molar-refractivity contribution in [2.45, 2.75) is 6.04 Å². The molecule has 2 saturated heterocycles. The summed E-state index contributed by atoms with van der Waals surface area (Å²) in [7, 11) is 1.63. The number of carbonyl (C=O) groups is 3. The third-order valence-corrected chi connectivity index (χ3v) is 4.29. The Kier molecular flexibility index (Phi) is 4.12. The van der Waals surface area contributed by atoms with E-state index in [4.69, 9.17) is 11.6 Å². The Bertz CT molecular complexity index is 666. The van der Waals surface area contributed by atoms with Crippen LogP contribution in [-0.4, -0.2) is 66.9 Å². The monoisotopic (exact) mass is 336 g/mol. The van der Waals surface area contributed by atoms with Crippen molar-refractivity contribution < 1.29 is 14.4 Å². The van der Waals surface area contributed by atoms with Gasteiger partial charge >= 0.3 is 6.03 Å². The molecule has 0 saturated carbocycles. The number of anilines is 1. The van der Waals surface area contributed by atoms with Gasteiger partial charge in [-0.05, 0) is 18.2 Å². The third kappa shape index (κ3) is 3.10. The van der Waals surface area contributed by atoms with Crippen LogP contribution in [0.4, 0.5) is 10.5 Å². The van der Waals surface area contributed by atoms with Crippen LogP contribution in [0.25, 0.3) is 0 Å². The van der Waals surface area contributed by atoms with Crippen molar-refractivity contribution in [2.75, 3.05) is 38.1 Å². The average Bonchev–Trinajstić information content (AvgIpc) is 2.86. The number of nitrogens with zero attached hydrogens (tertiary/aromatic N) is 3. The van der Waals surface area contributed by atoms with Gasteiger partial charge in [0.2, 0.25) is 11.8 Å². The van der Waals surface area contributed by atoms with Crippen LogP contribution in [0.1, 0.15) is 0 Å². The summed E-state index contributed by atoms with van der Waals surface area (Å²) in [6, 6.07) is 6.21. The SMILES string of the molecule is CN1C[C@@H](C(=O)N2CCN(c3cccc(Cl)c3)C(=O)C2)NC1=O. The molecule has 8 heteroatoms. The van der Waals surface area contributed by atoms with E-state index in [1.807, 2.05) is 6.07 Å². The molecule has 1 N–H and O–H groups in total. The number of carbonyl (C=O) groups excluding carboxylic acids is 3. The number of halogens is 1. The molecule has 2 aliphatic rings. The summed E-state index contributed by atoms with van der Waals surface area (Å²) in [6.45, 7) is 1.15. The first-order chi connectivity index (χ1) is 11.0. The van der Waals surface area contributed by atoms with Crippen molar-refractivity contribution in [3.05, 3.63) is 29.3 Å². The lowest BCUT2D eigenvalue weighted by molar-refractivity contribution is -0.138. The van der Waals surface area contributed by atoms with Crippen molar-refractivity contribution in [3.8, 4) is 0 Å². The highest BCUT2D eigenvalue weighted by Gasteiger charge is 2.36. The van der Waals surface area contributed by atoms with Crippen molar-refractivity contribution in [1.29, 1.82) is 0 Å². The van der Waals surface area contributed by atoms with Crippen LogP contribution in [0.2, 0.25) is 5.02 Å². The predicted molar refractivity (Wildman–Crippen MR) is 85.3 cm³/mol. The lowest BCUT2D eigenvalue weighted by Crippen LogP contribution is -2.56. The molecule has 7 nitrogen and oxygen atoms in total. The second-order valence-corrected chi connectivity index (χ2v) is 6.10. The Morgan fingerprint density at radius 2 is 2.09 bits per heavy atom. The lowest BCUT2D eigenvalue weighted by Gasteiger charge is -2.35. The summed E-state index contributed by atoms with van der Waals surface area (Å²) in [5.74, 6) is -0.383. The normalized spacial score (nSPS) is 21.7. The summed E-state index contributed by atoms with van der Waals surface area (Å²) in [5.41, 5.74) is 0.725. The second-order valence-electron chi connectivity index (χ2n) is 5.67. The van der Waals surface area contributed by atoms with Crippen molar-refractivity contribution in [1.82, 2.24) is 15.1 Å². The maximum absolute atomic E-state index is 12.4. The first-order valence-corrected chi connectivity index (χ1v) is 7.70. The van der Waals surface area contributed by atoms with Gasteiger partial charge in [-0.1, -0.05) is 17.7 Å². The molecule has 4 amide bonds. The molecule has 1 atom stereocenters. The summed E-state index contributed by atoms with van der Waals surface area (Å²) in [5, 5.41) is 3.18. The largest absolute Gasteiger partial charge is 0.330 e. The molecule has 3 rings (SSSR count). The van der Waals surface area contributed by atoms with Crippen molar-refractivity contribution >= 4 is 35.1 Å². The van der Waals surface area contributed by atoms with Crippen LogP contribution in [0.15, 0.2) is 24.3 Å². The second kappa shape index (κ2) is 6.08. The summed E-state index contributed by atoms with van der Waals surface area (Å²) in [6.07, 6.45) is 0. The highest BCUT2D eigenvalue weighted by molar-refractivity contribution is 6.30. The number of rotatable bonds is 2. The Balaban J connectivity index is 1.66. The first kappa shape index (κ1) is 15.6. The minimum atomic E-state index is -0.585. The summed E-state index contributed by atoms with van der Waals surface area (Å²) in [4.78, 5) is 40.8. The van der Waals surface area contributed by atoms with E-state index in [0.29, 0.717) is 24.7 Å². The number of benzene rings is 1. The molecule has 23 heavy (non-hydrogen) atoms. The van der Waals surface area contributed by atoms with Crippen LogP contribution in [0.3, 0.4) is 0 Å². The molecule has 0 aromatic heterocycles. The third-order valence-electron chi connectivity index (χ3n) is 4.05. The van der Waals surface area contributed by atoms with Gasteiger partial charge in [0.25, 0.3) is 0 Å². The molecule has 0 bridgehead atoms. The molecule has 2 aliphatic heterocycles. The number of urea groups is 1.